The van der Waals surface area contributed by atoms with Crippen molar-refractivity contribution in [1.29, 1.82) is 0 Å². The molecule has 2 aromatic carbocycles. The molecule has 0 fully saturated rings. The Kier molecular flexibility index (Phi) is 3.78. The lowest BCUT2D eigenvalue weighted by molar-refractivity contribution is 0.416. The van der Waals surface area contributed by atoms with Crippen molar-refractivity contribution in [2.24, 2.45) is 0 Å². The second-order valence-electron chi connectivity index (χ2n) is 6.23. The zero-order chi connectivity index (χ0) is 17.5. The van der Waals surface area contributed by atoms with E-state index in [1.807, 2.05) is 18.3 Å². The average Bonchev–Trinajstić information content (AvgIpc) is 3.33. The van der Waals surface area contributed by atoms with Gasteiger partial charge in [-0.15, -0.1) is 0 Å². The third-order valence-corrected chi connectivity index (χ3v) is 7.23. The largest absolute Gasteiger partial charge is 0.496 e. The molecule has 4 aromatic rings. The lowest BCUT2D eigenvalue weighted by Crippen LogP contribution is -1.93. The summed E-state index contributed by atoms with van der Waals surface area (Å²) in [5, 5.41) is 1.25. The number of hydrogen-bond donors (Lipinski definition) is 2. The first kappa shape index (κ1) is 15.6. The normalized spacial score (nSPS) is 13.2. The Balaban J connectivity index is 1.64. The summed E-state index contributed by atoms with van der Waals surface area (Å²) in [6, 6.07) is 17.0. The van der Waals surface area contributed by atoms with Crippen LogP contribution in [0.25, 0.3) is 33.7 Å². The summed E-state index contributed by atoms with van der Waals surface area (Å²) in [4.78, 5) is 6.75. The van der Waals surface area contributed by atoms with Gasteiger partial charge < -0.3 is 14.7 Å². The summed E-state index contributed by atoms with van der Waals surface area (Å²) in [5.41, 5.74) is 7.41. The number of allylic oxidation sites excluding steroid dienone is 1. The Morgan fingerprint density at radius 2 is 1.88 bits per heavy atom. The number of rotatable bonds is 3. The van der Waals surface area contributed by atoms with Crippen LogP contribution in [-0.2, 0) is 0 Å². The molecule has 0 unspecified atom stereocenters. The maximum absolute atomic E-state index is 5.57. The maximum atomic E-state index is 5.57. The van der Waals surface area contributed by atoms with Gasteiger partial charge in [0.1, 0.15) is 5.75 Å². The molecule has 0 spiro atoms. The molecule has 0 saturated heterocycles. The third-order valence-electron chi connectivity index (χ3n) is 4.73. The van der Waals surface area contributed by atoms with Gasteiger partial charge in [0.2, 0.25) is 0 Å². The minimum absolute atomic E-state index is 0.186. The van der Waals surface area contributed by atoms with E-state index in [9.17, 15) is 0 Å². The van der Waals surface area contributed by atoms with Crippen LogP contribution < -0.4 is 4.74 Å². The van der Waals surface area contributed by atoms with E-state index in [0.717, 1.165) is 11.3 Å². The zero-order valence-corrected chi connectivity index (χ0v) is 16.4. The van der Waals surface area contributed by atoms with Crippen molar-refractivity contribution < 1.29 is 4.74 Å². The number of methoxy groups -OCH3 is 1. The first-order chi connectivity index (χ1) is 12.8. The van der Waals surface area contributed by atoms with Gasteiger partial charge in [-0.25, -0.2) is 0 Å². The number of hydrogen-bond acceptors (Lipinski definition) is 1. The van der Waals surface area contributed by atoms with Crippen molar-refractivity contribution in [3.8, 4) is 16.9 Å². The molecule has 0 amide bonds. The quantitative estimate of drug-likeness (QED) is 0.387. The summed E-state index contributed by atoms with van der Waals surface area (Å²) in [5.74, 6) is 0.908. The number of halogens is 1. The highest BCUT2D eigenvalue weighted by atomic mass is 127. The van der Waals surface area contributed by atoms with Crippen molar-refractivity contribution >= 4 is 47.3 Å². The summed E-state index contributed by atoms with van der Waals surface area (Å²) >= 11 is -0.186. The first-order valence-corrected chi connectivity index (χ1v) is 10.8. The molecule has 26 heavy (non-hydrogen) atoms. The van der Waals surface area contributed by atoms with Crippen LogP contribution in [0.5, 0.6) is 5.75 Å². The van der Waals surface area contributed by atoms with E-state index >= 15 is 0 Å². The van der Waals surface area contributed by atoms with Crippen molar-refractivity contribution in [3.63, 3.8) is 0 Å². The van der Waals surface area contributed by atoms with E-state index in [4.69, 9.17) is 4.74 Å². The fourth-order valence-corrected chi connectivity index (χ4v) is 5.71. The summed E-state index contributed by atoms with van der Waals surface area (Å²) in [6.45, 7) is 0. The van der Waals surface area contributed by atoms with Crippen LogP contribution in [0.3, 0.4) is 0 Å². The molecular weight excluding hydrogens is 435 g/mol. The lowest BCUT2D eigenvalue weighted by atomic mass is 9.99. The number of benzene rings is 2. The molecule has 0 atom stereocenters. The highest BCUT2D eigenvalue weighted by Gasteiger charge is 2.17. The molecule has 1 aliphatic heterocycles. The van der Waals surface area contributed by atoms with Gasteiger partial charge >= 0.3 is 0 Å². The number of aromatic nitrogens is 2. The molecule has 128 valence electrons. The molecule has 3 heterocycles. The standard InChI is InChI=1S/C22H17IN2O/c1-26-21-5-3-2-4-17(21)19-13-25-22-18(19)11-16(12-23-22)14-6-7-20-15(10-14)8-9-24-20/h2-13,24-25H,1H3. The second-order valence-corrected chi connectivity index (χ2v) is 8.55. The predicted molar refractivity (Wildman–Crippen MR) is 118 cm³/mol. The van der Waals surface area contributed by atoms with Crippen LogP contribution >= 0.6 is 20.7 Å². The van der Waals surface area contributed by atoms with Crippen LogP contribution in [0.4, 0.5) is 0 Å². The molecule has 0 bridgehead atoms. The molecule has 0 saturated carbocycles. The minimum Gasteiger partial charge on any atom is -0.496 e. The van der Waals surface area contributed by atoms with Gasteiger partial charge in [0.05, 0.1) is 10.8 Å². The van der Waals surface area contributed by atoms with Crippen molar-refractivity contribution in [2.75, 3.05) is 7.11 Å². The second kappa shape index (κ2) is 6.29. The zero-order valence-electron chi connectivity index (χ0n) is 14.2. The number of H-pyrrole nitrogens is 2. The van der Waals surface area contributed by atoms with E-state index in [0.29, 0.717) is 0 Å². The van der Waals surface area contributed by atoms with E-state index in [2.05, 4.69) is 62.7 Å². The predicted octanol–water partition coefficient (Wildman–Crippen LogP) is 5.67. The van der Waals surface area contributed by atoms with E-state index in [-0.39, 0.29) is 20.7 Å². The van der Waals surface area contributed by atoms with Crippen LogP contribution in [0.15, 0.2) is 60.9 Å². The van der Waals surface area contributed by atoms with Gasteiger partial charge in [-0.05, 0) is 50.9 Å². The Bertz CT molecular complexity index is 1180. The summed E-state index contributed by atoms with van der Waals surface area (Å²) in [6.07, 6.45) is 6.42. The highest BCUT2D eigenvalue weighted by molar-refractivity contribution is 14.2. The molecule has 2 N–H and O–H groups in total. The number of para-hydroxylation sites is 1. The number of ether oxygens (including phenoxy) is 1. The first-order valence-electron chi connectivity index (χ1n) is 8.44. The van der Waals surface area contributed by atoms with E-state index < -0.39 is 0 Å². The molecule has 5 rings (SSSR count). The highest BCUT2D eigenvalue weighted by Crippen LogP contribution is 2.39. The number of fused-ring (bicyclic) bond motifs is 2. The molecular formula is C22H17IN2O. The SMILES string of the molecule is COc1ccccc1-c1c[nH]c2c1C=C(c1ccc3[nH]ccc3c1)C=I2. The fraction of sp³-hybridized carbons (Fsp3) is 0.0455. The number of aromatic amines is 2. The molecule has 3 nitrogen and oxygen atoms in total. The van der Waals surface area contributed by atoms with Crippen LogP contribution in [0.2, 0.25) is 0 Å². The molecule has 1 aliphatic rings. The maximum Gasteiger partial charge on any atom is 0.126 e. The molecule has 0 radical (unpaired) electrons. The van der Waals surface area contributed by atoms with Crippen molar-refractivity contribution in [3.05, 3.63) is 75.8 Å². The molecule has 4 heteroatoms. The van der Waals surface area contributed by atoms with Gasteiger partial charge in [0.25, 0.3) is 0 Å². The van der Waals surface area contributed by atoms with Crippen LogP contribution in [0, 0.1) is 3.70 Å². The van der Waals surface area contributed by atoms with Crippen LogP contribution in [-0.4, -0.2) is 21.1 Å². The van der Waals surface area contributed by atoms with Crippen molar-refractivity contribution in [1.82, 2.24) is 9.97 Å². The Morgan fingerprint density at radius 3 is 2.81 bits per heavy atom. The fourth-order valence-electron chi connectivity index (χ4n) is 3.41. The Labute approximate surface area is 161 Å². The Morgan fingerprint density at radius 1 is 0.962 bits per heavy atom. The topological polar surface area (TPSA) is 40.8 Å². The van der Waals surface area contributed by atoms with Crippen LogP contribution in [0.1, 0.15) is 11.1 Å². The van der Waals surface area contributed by atoms with Crippen molar-refractivity contribution in [2.45, 2.75) is 0 Å². The van der Waals surface area contributed by atoms with Gasteiger partial charge in [0, 0.05) is 34.6 Å². The number of nitrogens with one attached hydrogen (secondary N) is 2. The summed E-state index contributed by atoms with van der Waals surface area (Å²) < 4.78 is 9.33. The smallest absolute Gasteiger partial charge is 0.126 e. The Hall–Kier alpha value is -2.60. The summed E-state index contributed by atoms with van der Waals surface area (Å²) in [7, 11) is 1.73. The van der Waals surface area contributed by atoms with Gasteiger partial charge in [-0.2, -0.15) is 0 Å². The average molecular weight is 452 g/mol. The minimum atomic E-state index is -0.186. The third kappa shape index (κ3) is 2.52. The monoisotopic (exact) mass is 452 g/mol. The van der Waals surface area contributed by atoms with Gasteiger partial charge in [-0.3, -0.25) is 0 Å². The lowest BCUT2D eigenvalue weighted by Gasteiger charge is -2.11. The van der Waals surface area contributed by atoms with Gasteiger partial charge in [-0.1, -0.05) is 45.0 Å². The van der Waals surface area contributed by atoms with E-state index in [1.54, 1.807) is 7.11 Å². The van der Waals surface area contributed by atoms with Gasteiger partial charge in [0.15, 0.2) is 0 Å². The molecule has 0 aliphatic carbocycles. The van der Waals surface area contributed by atoms with E-state index in [1.165, 1.54) is 36.9 Å². The molecule has 2 aromatic heterocycles.